The van der Waals surface area contributed by atoms with E-state index < -0.39 is 10.0 Å². The Labute approximate surface area is 202 Å². The number of carbonyl (C=O) groups is 1. The molecule has 0 bridgehead atoms. The molecule has 1 aliphatic heterocycles. The Kier molecular flexibility index (Phi) is 9.07. The highest BCUT2D eigenvalue weighted by Crippen LogP contribution is 2.32. The molecule has 0 spiro atoms. The number of Topliss-reactive ketones (excluding diaryl/α,β-unsaturated/α-hetero) is 1. The molecule has 0 radical (unpaired) electrons. The lowest BCUT2D eigenvalue weighted by atomic mass is 10.0. The molecular formula is C25H35N3O5S. The van der Waals surface area contributed by atoms with E-state index in [9.17, 15) is 13.2 Å². The van der Waals surface area contributed by atoms with Crippen LogP contribution in [0.3, 0.4) is 0 Å². The molecule has 3 rings (SSSR count). The van der Waals surface area contributed by atoms with Crippen LogP contribution in [0.5, 0.6) is 11.5 Å². The number of hydrogen-bond acceptors (Lipinski definition) is 7. The second-order valence-corrected chi connectivity index (χ2v) is 10.7. The average molecular weight is 490 g/mol. The third-order valence-corrected chi connectivity index (χ3v) is 7.99. The van der Waals surface area contributed by atoms with Crippen LogP contribution >= 0.6 is 0 Å². The van der Waals surface area contributed by atoms with Crippen LogP contribution in [0.4, 0.5) is 0 Å². The van der Waals surface area contributed by atoms with E-state index in [1.165, 1.54) is 32.6 Å². The van der Waals surface area contributed by atoms with Gasteiger partial charge in [-0.25, -0.2) is 12.7 Å². The fraction of sp³-hybridized carbons (Fsp3) is 0.480. The lowest BCUT2D eigenvalue weighted by Gasteiger charge is -2.35. The summed E-state index contributed by atoms with van der Waals surface area (Å²) in [7, 11) is 2.59. The number of piperidine rings is 1. The topological polar surface area (TPSA) is 88.2 Å². The normalized spacial score (nSPS) is 15.8. The summed E-state index contributed by atoms with van der Waals surface area (Å²) in [6.07, 6.45) is 3.53. The van der Waals surface area contributed by atoms with Crippen LogP contribution in [0.2, 0.25) is 0 Å². The van der Waals surface area contributed by atoms with Gasteiger partial charge in [-0.15, -0.1) is 0 Å². The number of methoxy groups -OCH3 is 2. The zero-order chi connectivity index (χ0) is 24.7. The van der Waals surface area contributed by atoms with Crippen molar-refractivity contribution >= 4 is 15.8 Å². The van der Waals surface area contributed by atoms with Crippen molar-refractivity contribution in [3.05, 3.63) is 53.6 Å². The van der Waals surface area contributed by atoms with E-state index in [0.717, 1.165) is 35.8 Å². The standard InChI is InChI=1S/C25H35N3O5S/c1-27(2)34(30,31)21-10-8-9-20(15-21)23(29)18-26-17-22(28-13-6-5-7-14-28)19-11-12-24(32-3)25(16-19)33-4/h8-12,15-16,22,26H,5-7,13-14,17-18H2,1-4H3. The Balaban J connectivity index is 1.73. The minimum atomic E-state index is -3.60. The van der Waals surface area contributed by atoms with Gasteiger partial charge < -0.3 is 14.8 Å². The van der Waals surface area contributed by atoms with Crippen molar-refractivity contribution in [2.45, 2.75) is 30.2 Å². The van der Waals surface area contributed by atoms with Gasteiger partial charge in [-0.3, -0.25) is 9.69 Å². The van der Waals surface area contributed by atoms with Crippen molar-refractivity contribution in [1.82, 2.24) is 14.5 Å². The van der Waals surface area contributed by atoms with Crippen molar-refractivity contribution < 1.29 is 22.7 Å². The van der Waals surface area contributed by atoms with Gasteiger partial charge in [0.05, 0.1) is 25.7 Å². The zero-order valence-corrected chi connectivity index (χ0v) is 21.2. The average Bonchev–Trinajstić information content (AvgIpc) is 2.86. The van der Waals surface area contributed by atoms with E-state index in [0.29, 0.717) is 23.6 Å². The molecule has 1 N–H and O–H groups in total. The Morgan fingerprint density at radius 3 is 2.38 bits per heavy atom. The molecule has 1 fully saturated rings. The number of hydrogen-bond donors (Lipinski definition) is 1. The molecule has 9 heteroatoms. The van der Waals surface area contributed by atoms with Gasteiger partial charge in [0.1, 0.15) is 0 Å². The highest BCUT2D eigenvalue weighted by molar-refractivity contribution is 7.89. The second kappa shape index (κ2) is 11.8. The van der Waals surface area contributed by atoms with Gasteiger partial charge in [0.15, 0.2) is 17.3 Å². The van der Waals surface area contributed by atoms with E-state index in [-0.39, 0.29) is 23.3 Å². The van der Waals surface area contributed by atoms with Crippen LogP contribution < -0.4 is 14.8 Å². The van der Waals surface area contributed by atoms with E-state index in [1.807, 2.05) is 18.2 Å². The van der Waals surface area contributed by atoms with Crippen molar-refractivity contribution in [3.63, 3.8) is 0 Å². The smallest absolute Gasteiger partial charge is 0.242 e. The predicted molar refractivity (Wildman–Crippen MR) is 132 cm³/mol. The Morgan fingerprint density at radius 1 is 1.03 bits per heavy atom. The summed E-state index contributed by atoms with van der Waals surface area (Å²) in [4.78, 5) is 15.4. The predicted octanol–water partition coefficient (Wildman–Crippen LogP) is 2.95. The molecule has 0 amide bonds. The monoisotopic (exact) mass is 489 g/mol. The summed E-state index contributed by atoms with van der Waals surface area (Å²) in [6, 6.07) is 12.2. The quantitative estimate of drug-likeness (QED) is 0.486. The third kappa shape index (κ3) is 6.15. The van der Waals surface area contributed by atoms with E-state index in [4.69, 9.17) is 9.47 Å². The number of nitrogens with one attached hydrogen (secondary N) is 1. The number of nitrogens with zero attached hydrogens (tertiary/aromatic N) is 2. The molecule has 8 nitrogen and oxygen atoms in total. The summed E-state index contributed by atoms with van der Waals surface area (Å²) < 4.78 is 36.9. The molecule has 1 saturated heterocycles. The van der Waals surface area contributed by atoms with Crippen molar-refractivity contribution in [2.75, 3.05) is 54.5 Å². The molecule has 0 aromatic heterocycles. The molecule has 1 aliphatic rings. The Hall–Kier alpha value is -2.46. The fourth-order valence-electron chi connectivity index (χ4n) is 4.21. The van der Waals surface area contributed by atoms with Crippen molar-refractivity contribution in [1.29, 1.82) is 0 Å². The molecule has 34 heavy (non-hydrogen) atoms. The largest absolute Gasteiger partial charge is 0.493 e. The Morgan fingerprint density at radius 2 is 1.74 bits per heavy atom. The summed E-state index contributed by atoms with van der Waals surface area (Å²) in [5.74, 6) is 1.21. The molecule has 0 saturated carbocycles. The molecule has 2 aromatic rings. The van der Waals surface area contributed by atoms with Gasteiger partial charge in [0, 0.05) is 32.2 Å². The molecule has 0 aliphatic carbocycles. The van der Waals surface area contributed by atoms with Crippen molar-refractivity contribution in [2.24, 2.45) is 0 Å². The summed E-state index contributed by atoms with van der Waals surface area (Å²) in [5.41, 5.74) is 1.47. The maximum absolute atomic E-state index is 12.9. The number of ether oxygens (including phenoxy) is 2. The SMILES string of the molecule is COc1ccc(C(CNCC(=O)c2cccc(S(=O)(=O)N(C)C)c2)N2CCCCC2)cc1OC. The number of carbonyl (C=O) groups excluding carboxylic acids is 1. The van der Waals surface area contributed by atoms with Crippen LogP contribution in [0.15, 0.2) is 47.4 Å². The summed E-state index contributed by atoms with van der Waals surface area (Å²) in [5, 5.41) is 3.30. The highest BCUT2D eigenvalue weighted by Gasteiger charge is 2.24. The first-order valence-electron chi connectivity index (χ1n) is 11.5. The van der Waals surface area contributed by atoms with Crippen LogP contribution in [0.25, 0.3) is 0 Å². The highest BCUT2D eigenvalue weighted by atomic mass is 32.2. The molecule has 2 aromatic carbocycles. The number of likely N-dealkylation sites (tertiary alicyclic amines) is 1. The molecule has 1 unspecified atom stereocenters. The second-order valence-electron chi connectivity index (χ2n) is 8.60. The molecule has 186 valence electrons. The van der Waals surface area contributed by atoms with Crippen LogP contribution in [0.1, 0.15) is 41.2 Å². The van der Waals surface area contributed by atoms with Gasteiger partial charge >= 0.3 is 0 Å². The maximum Gasteiger partial charge on any atom is 0.242 e. The number of rotatable bonds is 11. The van der Waals surface area contributed by atoms with Gasteiger partial charge in [0.25, 0.3) is 0 Å². The third-order valence-electron chi connectivity index (χ3n) is 6.18. The first-order valence-corrected chi connectivity index (χ1v) is 12.9. The zero-order valence-electron chi connectivity index (χ0n) is 20.4. The van der Waals surface area contributed by atoms with Gasteiger partial charge in [-0.2, -0.15) is 0 Å². The van der Waals surface area contributed by atoms with Crippen molar-refractivity contribution in [3.8, 4) is 11.5 Å². The molecule has 1 atom stereocenters. The van der Waals surface area contributed by atoms with Gasteiger partial charge in [-0.1, -0.05) is 24.6 Å². The minimum absolute atomic E-state index is 0.0772. The first kappa shape index (κ1) is 26.2. The van der Waals surface area contributed by atoms with E-state index in [2.05, 4.69) is 10.2 Å². The lowest BCUT2D eigenvalue weighted by Crippen LogP contribution is -2.40. The summed E-state index contributed by atoms with van der Waals surface area (Å²) in [6.45, 7) is 2.69. The van der Waals surface area contributed by atoms with Crippen LogP contribution in [0, 0.1) is 0 Å². The molecular weight excluding hydrogens is 454 g/mol. The number of ketones is 1. The fourth-order valence-corrected chi connectivity index (χ4v) is 5.16. The lowest BCUT2D eigenvalue weighted by molar-refractivity contribution is 0.0983. The maximum atomic E-state index is 12.9. The number of sulfonamides is 1. The first-order chi connectivity index (χ1) is 16.3. The van der Waals surface area contributed by atoms with Crippen LogP contribution in [-0.2, 0) is 10.0 Å². The summed E-state index contributed by atoms with van der Waals surface area (Å²) >= 11 is 0. The van der Waals surface area contributed by atoms with Crippen LogP contribution in [-0.4, -0.2) is 77.9 Å². The van der Waals surface area contributed by atoms with E-state index in [1.54, 1.807) is 26.4 Å². The minimum Gasteiger partial charge on any atom is -0.493 e. The number of benzene rings is 2. The Bertz CT molecular complexity index is 1080. The van der Waals surface area contributed by atoms with Gasteiger partial charge in [-0.05, 0) is 55.8 Å². The molecule has 1 heterocycles. The van der Waals surface area contributed by atoms with E-state index >= 15 is 0 Å². The van der Waals surface area contributed by atoms with Gasteiger partial charge in [0.2, 0.25) is 10.0 Å².